The fourth-order valence-corrected chi connectivity index (χ4v) is 3.67. The maximum Gasteiger partial charge on any atom is 0.254 e. The number of carbonyl (C=O) groups excluding carboxylic acids is 1. The van der Waals surface area contributed by atoms with E-state index in [0.29, 0.717) is 40.4 Å². The first kappa shape index (κ1) is 20.0. The number of pyridine rings is 1. The monoisotopic (exact) mass is 417 g/mol. The Morgan fingerprint density at radius 2 is 2.00 bits per heavy atom. The SMILES string of the molecule is O=C(Nc1cc(-c2cncc(NCC3CCOCC3)n2)c(Cl)cn1)[C@H]1CCCO1. The van der Waals surface area contributed by atoms with Crippen molar-refractivity contribution in [3.05, 3.63) is 29.7 Å². The maximum atomic E-state index is 12.3. The number of hydrogen-bond acceptors (Lipinski definition) is 7. The van der Waals surface area contributed by atoms with Gasteiger partial charge in [0.15, 0.2) is 0 Å². The van der Waals surface area contributed by atoms with Gasteiger partial charge in [0.25, 0.3) is 5.91 Å². The minimum absolute atomic E-state index is 0.193. The highest BCUT2D eigenvalue weighted by atomic mass is 35.5. The number of amides is 1. The van der Waals surface area contributed by atoms with Crippen LogP contribution in [-0.2, 0) is 14.3 Å². The molecule has 0 spiro atoms. The number of nitrogens with one attached hydrogen (secondary N) is 2. The van der Waals surface area contributed by atoms with Crippen molar-refractivity contribution >= 4 is 29.1 Å². The Bertz CT molecular complexity index is 854. The second-order valence-corrected chi connectivity index (χ2v) is 7.67. The summed E-state index contributed by atoms with van der Waals surface area (Å²) in [5.74, 6) is 1.47. The molecule has 2 fully saturated rings. The van der Waals surface area contributed by atoms with E-state index in [-0.39, 0.29) is 5.91 Å². The first-order valence-corrected chi connectivity index (χ1v) is 10.3. The minimum Gasteiger partial charge on any atom is -0.381 e. The molecule has 8 nitrogen and oxygen atoms in total. The number of ether oxygens (including phenoxy) is 2. The highest BCUT2D eigenvalue weighted by Crippen LogP contribution is 2.28. The Kier molecular flexibility index (Phi) is 6.53. The van der Waals surface area contributed by atoms with Crippen molar-refractivity contribution in [2.45, 2.75) is 31.8 Å². The van der Waals surface area contributed by atoms with Gasteiger partial charge in [-0.2, -0.15) is 0 Å². The Hall–Kier alpha value is -2.29. The van der Waals surface area contributed by atoms with Gasteiger partial charge in [-0.05, 0) is 37.7 Å². The Morgan fingerprint density at radius 1 is 1.14 bits per heavy atom. The van der Waals surface area contributed by atoms with E-state index in [1.54, 1.807) is 18.5 Å². The predicted octanol–water partition coefficient (Wildman–Crippen LogP) is 3.15. The average Bonchev–Trinajstić information content (AvgIpc) is 3.30. The van der Waals surface area contributed by atoms with E-state index >= 15 is 0 Å². The fourth-order valence-electron chi connectivity index (χ4n) is 3.47. The molecule has 1 atom stereocenters. The van der Waals surface area contributed by atoms with Gasteiger partial charge in [-0.1, -0.05) is 11.6 Å². The average molecular weight is 418 g/mol. The van der Waals surface area contributed by atoms with Gasteiger partial charge in [0.1, 0.15) is 17.7 Å². The fraction of sp³-hybridized carbons (Fsp3) is 0.500. The van der Waals surface area contributed by atoms with Gasteiger partial charge in [-0.15, -0.1) is 0 Å². The van der Waals surface area contributed by atoms with Crippen LogP contribution >= 0.6 is 11.6 Å². The number of hydrogen-bond donors (Lipinski definition) is 2. The van der Waals surface area contributed by atoms with Crippen molar-refractivity contribution in [3.63, 3.8) is 0 Å². The minimum atomic E-state index is -0.423. The second kappa shape index (κ2) is 9.47. The summed E-state index contributed by atoms with van der Waals surface area (Å²) in [6, 6.07) is 1.71. The van der Waals surface area contributed by atoms with Gasteiger partial charge in [-0.25, -0.2) is 9.97 Å². The van der Waals surface area contributed by atoms with E-state index in [9.17, 15) is 4.79 Å². The van der Waals surface area contributed by atoms with Crippen molar-refractivity contribution in [1.29, 1.82) is 0 Å². The molecule has 4 heterocycles. The highest BCUT2D eigenvalue weighted by molar-refractivity contribution is 6.33. The van der Waals surface area contributed by atoms with Crippen LogP contribution in [-0.4, -0.2) is 53.3 Å². The molecule has 154 valence electrons. The summed E-state index contributed by atoms with van der Waals surface area (Å²) in [5.41, 5.74) is 1.27. The third-order valence-corrected chi connectivity index (χ3v) is 5.45. The zero-order chi connectivity index (χ0) is 20.1. The van der Waals surface area contributed by atoms with E-state index < -0.39 is 6.10 Å². The van der Waals surface area contributed by atoms with E-state index in [4.69, 9.17) is 21.1 Å². The molecule has 2 N–H and O–H groups in total. The Morgan fingerprint density at radius 3 is 2.79 bits per heavy atom. The Labute approximate surface area is 174 Å². The number of halogens is 1. The molecule has 2 aliphatic rings. The molecule has 0 saturated carbocycles. The molecule has 0 bridgehead atoms. The summed E-state index contributed by atoms with van der Waals surface area (Å²) in [4.78, 5) is 25.4. The molecule has 0 unspecified atom stereocenters. The van der Waals surface area contributed by atoms with Crippen LogP contribution in [0.1, 0.15) is 25.7 Å². The molecule has 1 amide bonds. The summed E-state index contributed by atoms with van der Waals surface area (Å²) < 4.78 is 10.8. The number of rotatable bonds is 6. The zero-order valence-electron chi connectivity index (χ0n) is 16.1. The van der Waals surface area contributed by atoms with Crippen LogP contribution in [0.5, 0.6) is 0 Å². The van der Waals surface area contributed by atoms with Crippen LogP contribution < -0.4 is 10.6 Å². The third-order valence-electron chi connectivity index (χ3n) is 5.15. The summed E-state index contributed by atoms with van der Waals surface area (Å²) in [7, 11) is 0. The molecule has 9 heteroatoms. The summed E-state index contributed by atoms with van der Waals surface area (Å²) >= 11 is 6.34. The molecular formula is C20H24ClN5O3. The summed E-state index contributed by atoms with van der Waals surface area (Å²) in [6.07, 6.45) is 8.12. The second-order valence-electron chi connectivity index (χ2n) is 7.27. The molecular weight excluding hydrogens is 394 g/mol. The molecule has 2 aliphatic heterocycles. The Balaban J connectivity index is 1.46. The zero-order valence-corrected chi connectivity index (χ0v) is 16.8. The topological polar surface area (TPSA) is 98.3 Å². The standard InChI is InChI=1S/C20H24ClN5O3/c21-15-10-24-18(26-20(27)17-2-1-5-29-17)8-14(15)16-11-22-12-19(25-16)23-9-13-3-6-28-7-4-13/h8,10-13,17H,1-7,9H2,(H,23,25)(H,24,26,27)/t17-/m1/s1. The highest BCUT2D eigenvalue weighted by Gasteiger charge is 2.24. The van der Waals surface area contributed by atoms with Crippen molar-refractivity contribution in [3.8, 4) is 11.3 Å². The van der Waals surface area contributed by atoms with E-state index in [0.717, 1.165) is 45.4 Å². The summed E-state index contributed by atoms with van der Waals surface area (Å²) in [6.45, 7) is 3.06. The first-order valence-electron chi connectivity index (χ1n) is 9.91. The normalized spacial score (nSPS) is 19.8. The van der Waals surface area contributed by atoms with Crippen molar-refractivity contribution in [2.24, 2.45) is 5.92 Å². The molecule has 4 rings (SSSR count). The molecule has 0 aliphatic carbocycles. The number of aromatic nitrogens is 3. The quantitative estimate of drug-likeness (QED) is 0.744. The number of nitrogens with zero attached hydrogens (tertiary/aromatic N) is 3. The van der Waals surface area contributed by atoms with Gasteiger partial charge in [0, 0.05) is 38.1 Å². The molecule has 2 aromatic heterocycles. The van der Waals surface area contributed by atoms with E-state index in [2.05, 4.69) is 25.6 Å². The molecule has 2 saturated heterocycles. The number of carbonyl (C=O) groups is 1. The maximum absolute atomic E-state index is 12.3. The van der Waals surface area contributed by atoms with Gasteiger partial charge in [-0.3, -0.25) is 9.78 Å². The van der Waals surface area contributed by atoms with Crippen LogP contribution in [0.2, 0.25) is 5.02 Å². The smallest absolute Gasteiger partial charge is 0.254 e. The lowest BCUT2D eigenvalue weighted by molar-refractivity contribution is -0.124. The third kappa shape index (κ3) is 5.20. The van der Waals surface area contributed by atoms with Crippen molar-refractivity contribution < 1.29 is 14.3 Å². The molecule has 29 heavy (non-hydrogen) atoms. The lowest BCUT2D eigenvalue weighted by atomic mass is 10.0. The van der Waals surface area contributed by atoms with Crippen LogP contribution in [0, 0.1) is 5.92 Å². The molecule has 0 aromatic carbocycles. The lowest BCUT2D eigenvalue weighted by Gasteiger charge is -2.22. The van der Waals surface area contributed by atoms with Crippen LogP contribution in [0.15, 0.2) is 24.7 Å². The summed E-state index contributed by atoms with van der Waals surface area (Å²) in [5, 5.41) is 6.59. The van der Waals surface area contributed by atoms with Crippen LogP contribution in [0.25, 0.3) is 11.3 Å². The molecule has 2 aromatic rings. The van der Waals surface area contributed by atoms with Gasteiger partial charge in [0.05, 0.1) is 23.1 Å². The predicted molar refractivity (Wildman–Crippen MR) is 110 cm³/mol. The van der Waals surface area contributed by atoms with Gasteiger partial charge in [0.2, 0.25) is 0 Å². The van der Waals surface area contributed by atoms with Crippen LogP contribution in [0.4, 0.5) is 11.6 Å². The van der Waals surface area contributed by atoms with Gasteiger partial charge < -0.3 is 20.1 Å². The van der Waals surface area contributed by atoms with Crippen LogP contribution in [0.3, 0.4) is 0 Å². The van der Waals surface area contributed by atoms with Gasteiger partial charge >= 0.3 is 0 Å². The van der Waals surface area contributed by atoms with Crippen molar-refractivity contribution in [2.75, 3.05) is 37.0 Å². The van der Waals surface area contributed by atoms with E-state index in [1.807, 2.05) is 0 Å². The largest absolute Gasteiger partial charge is 0.381 e. The first-order chi connectivity index (χ1) is 14.2. The molecule has 0 radical (unpaired) electrons. The lowest BCUT2D eigenvalue weighted by Crippen LogP contribution is -2.27. The van der Waals surface area contributed by atoms with Crippen molar-refractivity contribution in [1.82, 2.24) is 15.0 Å². The number of anilines is 2. The van der Waals surface area contributed by atoms with E-state index in [1.165, 1.54) is 6.20 Å².